The molecule has 0 unspecified atom stereocenters. The molecule has 0 saturated carbocycles. The van der Waals surface area contributed by atoms with Crippen molar-refractivity contribution in [3.05, 3.63) is 30.1 Å². The maximum atomic E-state index is 12.2. The number of alkyl halides is 3. The van der Waals surface area contributed by atoms with E-state index in [1.807, 2.05) is 0 Å². The van der Waals surface area contributed by atoms with E-state index >= 15 is 0 Å². The van der Waals surface area contributed by atoms with Crippen LogP contribution < -0.4 is 0 Å². The molecular weight excluding hydrogens is 259 g/mol. The molecule has 104 valence electrons. The lowest BCUT2D eigenvalue weighted by molar-refractivity contribution is -0.169. The van der Waals surface area contributed by atoms with Crippen molar-refractivity contribution in [3.8, 4) is 0 Å². The molecule has 1 aromatic heterocycles. The standard InChI is InChI=1S/C12H14F3N3O/c1-18(2)11(6-10(19)12(13,14)15)17-8-9-4-3-5-16-7-9/h3-5,7H,6,8H2,1-2H3. The highest BCUT2D eigenvalue weighted by atomic mass is 19.4. The van der Waals surface area contributed by atoms with Crippen LogP contribution in [0.1, 0.15) is 12.0 Å². The molecule has 0 radical (unpaired) electrons. The molecule has 0 atom stereocenters. The van der Waals surface area contributed by atoms with Crippen molar-refractivity contribution in [1.29, 1.82) is 0 Å². The second-order valence-corrected chi connectivity index (χ2v) is 4.09. The van der Waals surface area contributed by atoms with E-state index in [0.717, 1.165) is 5.56 Å². The zero-order valence-electron chi connectivity index (χ0n) is 10.6. The van der Waals surface area contributed by atoms with Crippen LogP contribution in [-0.2, 0) is 11.3 Å². The maximum Gasteiger partial charge on any atom is 0.450 e. The van der Waals surface area contributed by atoms with E-state index in [1.165, 1.54) is 4.90 Å². The highest BCUT2D eigenvalue weighted by Crippen LogP contribution is 2.18. The smallest absolute Gasteiger partial charge is 0.366 e. The third-order valence-corrected chi connectivity index (χ3v) is 2.32. The topological polar surface area (TPSA) is 45.6 Å². The summed E-state index contributed by atoms with van der Waals surface area (Å²) < 4.78 is 36.6. The van der Waals surface area contributed by atoms with Crippen LogP contribution in [0.4, 0.5) is 13.2 Å². The highest BCUT2D eigenvalue weighted by Gasteiger charge is 2.38. The van der Waals surface area contributed by atoms with E-state index in [9.17, 15) is 18.0 Å². The third-order valence-electron chi connectivity index (χ3n) is 2.32. The van der Waals surface area contributed by atoms with Crippen molar-refractivity contribution in [2.75, 3.05) is 14.1 Å². The Labute approximate surface area is 109 Å². The van der Waals surface area contributed by atoms with Crippen LogP contribution in [0.25, 0.3) is 0 Å². The van der Waals surface area contributed by atoms with E-state index in [4.69, 9.17) is 0 Å². The fourth-order valence-electron chi connectivity index (χ4n) is 1.27. The zero-order valence-corrected chi connectivity index (χ0v) is 10.6. The molecule has 0 aliphatic rings. The van der Waals surface area contributed by atoms with Gasteiger partial charge < -0.3 is 4.90 Å². The van der Waals surface area contributed by atoms with Gasteiger partial charge in [0.25, 0.3) is 0 Å². The van der Waals surface area contributed by atoms with Crippen LogP contribution in [-0.4, -0.2) is 41.8 Å². The number of hydrogen-bond donors (Lipinski definition) is 0. The third kappa shape index (κ3) is 5.07. The first-order valence-corrected chi connectivity index (χ1v) is 5.50. The Balaban J connectivity index is 2.76. The van der Waals surface area contributed by atoms with Gasteiger partial charge in [0.2, 0.25) is 5.78 Å². The van der Waals surface area contributed by atoms with Gasteiger partial charge >= 0.3 is 6.18 Å². The number of halogens is 3. The second kappa shape index (κ2) is 6.31. The van der Waals surface area contributed by atoms with Crippen molar-refractivity contribution in [1.82, 2.24) is 9.88 Å². The molecule has 7 heteroatoms. The molecule has 0 aliphatic carbocycles. The van der Waals surface area contributed by atoms with Crippen LogP contribution in [0.2, 0.25) is 0 Å². The van der Waals surface area contributed by atoms with Gasteiger partial charge in [-0.15, -0.1) is 0 Å². The van der Waals surface area contributed by atoms with Crippen molar-refractivity contribution in [3.63, 3.8) is 0 Å². The predicted molar refractivity (Wildman–Crippen MR) is 64.7 cm³/mol. The van der Waals surface area contributed by atoms with Crippen LogP contribution in [0.3, 0.4) is 0 Å². The number of aromatic nitrogens is 1. The Hall–Kier alpha value is -1.92. The first kappa shape index (κ1) is 15.1. The monoisotopic (exact) mass is 273 g/mol. The fraction of sp³-hybridized carbons (Fsp3) is 0.417. The molecule has 0 spiro atoms. The number of rotatable bonds is 4. The summed E-state index contributed by atoms with van der Waals surface area (Å²) in [6, 6.07) is 3.47. The number of Topliss-reactive ketones (excluding diaryl/α,β-unsaturated/α-hetero) is 1. The average Bonchev–Trinajstić information content (AvgIpc) is 2.33. The SMILES string of the molecule is CN(C)C(CC(=O)C(F)(F)F)=NCc1cccnc1. The first-order chi connectivity index (χ1) is 8.80. The summed E-state index contributed by atoms with van der Waals surface area (Å²) in [5.41, 5.74) is 0.765. The summed E-state index contributed by atoms with van der Waals surface area (Å²) in [5.74, 6) is -1.71. The largest absolute Gasteiger partial charge is 0.450 e. The lowest BCUT2D eigenvalue weighted by Gasteiger charge is -2.16. The Morgan fingerprint density at radius 2 is 2.11 bits per heavy atom. The zero-order chi connectivity index (χ0) is 14.5. The normalized spacial score (nSPS) is 12.4. The number of carbonyl (C=O) groups is 1. The van der Waals surface area contributed by atoms with Gasteiger partial charge in [0.1, 0.15) is 5.84 Å². The predicted octanol–water partition coefficient (Wildman–Crippen LogP) is 2.06. The molecule has 0 fully saturated rings. The van der Waals surface area contributed by atoms with E-state index < -0.39 is 18.4 Å². The molecule has 1 heterocycles. The summed E-state index contributed by atoms with van der Waals surface area (Å²) in [6.07, 6.45) is -2.42. The molecular formula is C12H14F3N3O. The van der Waals surface area contributed by atoms with Gasteiger partial charge in [-0.2, -0.15) is 13.2 Å². The second-order valence-electron chi connectivity index (χ2n) is 4.09. The molecule has 1 rings (SSSR count). The molecule has 0 aromatic carbocycles. The number of hydrogen-bond acceptors (Lipinski definition) is 3. The number of aliphatic imine (C=N–C) groups is 1. The van der Waals surface area contributed by atoms with Gasteiger partial charge in [0, 0.05) is 26.5 Å². The molecule has 19 heavy (non-hydrogen) atoms. The summed E-state index contributed by atoms with van der Waals surface area (Å²) >= 11 is 0. The van der Waals surface area contributed by atoms with Crippen molar-refractivity contribution >= 4 is 11.6 Å². The minimum absolute atomic E-state index is 0.0891. The number of nitrogens with zero attached hydrogens (tertiary/aromatic N) is 3. The number of amidine groups is 1. The van der Waals surface area contributed by atoms with Gasteiger partial charge in [-0.25, -0.2) is 0 Å². The Morgan fingerprint density at radius 3 is 2.58 bits per heavy atom. The summed E-state index contributed by atoms with van der Waals surface area (Å²) in [5, 5.41) is 0. The average molecular weight is 273 g/mol. The fourth-order valence-corrected chi connectivity index (χ4v) is 1.27. The maximum absolute atomic E-state index is 12.2. The van der Waals surface area contributed by atoms with Gasteiger partial charge in [-0.05, 0) is 11.6 Å². The summed E-state index contributed by atoms with van der Waals surface area (Å²) in [7, 11) is 3.09. The van der Waals surface area contributed by atoms with Crippen LogP contribution in [0.5, 0.6) is 0 Å². The van der Waals surface area contributed by atoms with Crippen LogP contribution >= 0.6 is 0 Å². The molecule has 0 bridgehead atoms. The molecule has 0 aliphatic heterocycles. The molecule has 0 saturated heterocycles. The lowest BCUT2D eigenvalue weighted by Crippen LogP contribution is -2.31. The first-order valence-electron chi connectivity index (χ1n) is 5.50. The molecule has 0 amide bonds. The molecule has 1 aromatic rings. The number of carbonyl (C=O) groups excluding carboxylic acids is 1. The van der Waals surface area contributed by atoms with Crippen molar-refractivity contribution < 1.29 is 18.0 Å². The van der Waals surface area contributed by atoms with E-state index in [-0.39, 0.29) is 12.4 Å². The van der Waals surface area contributed by atoms with E-state index in [0.29, 0.717) is 0 Å². The van der Waals surface area contributed by atoms with Gasteiger partial charge in [-0.1, -0.05) is 6.07 Å². The van der Waals surface area contributed by atoms with Gasteiger partial charge in [0.15, 0.2) is 0 Å². The molecule has 0 N–H and O–H groups in total. The quantitative estimate of drug-likeness (QED) is 0.623. The Bertz CT molecular complexity index is 455. The van der Waals surface area contributed by atoms with Gasteiger partial charge in [-0.3, -0.25) is 14.8 Å². The Morgan fingerprint density at radius 1 is 1.42 bits per heavy atom. The van der Waals surface area contributed by atoms with E-state index in [2.05, 4.69) is 9.98 Å². The minimum Gasteiger partial charge on any atom is -0.366 e. The van der Waals surface area contributed by atoms with Gasteiger partial charge in [0.05, 0.1) is 13.0 Å². The van der Waals surface area contributed by atoms with Crippen LogP contribution in [0.15, 0.2) is 29.5 Å². The number of ketones is 1. The minimum atomic E-state index is -4.83. The highest BCUT2D eigenvalue weighted by molar-refractivity contribution is 6.02. The van der Waals surface area contributed by atoms with E-state index in [1.54, 1.807) is 38.6 Å². The van der Waals surface area contributed by atoms with Crippen molar-refractivity contribution in [2.45, 2.75) is 19.1 Å². The summed E-state index contributed by atoms with van der Waals surface area (Å²) in [6.45, 7) is 0.187. The lowest BCUT2D eigenvalue weighted by atomic mass is 10.2. The number of pyridine rings is 1. The molecule has 4 nitrogen and oxygen atoms in total. The van der Waals surface area contributed by atoms with Crippen molar-refractivity contribution in [2.24, 2.45) is 4.99 Å². The Kier molecular flexibility index (Phi) is 5.02. The summed E-state index contributed by atoms with van der Waals surface area (Å²) in [4.78, 5) is 20.3. The van der Waals surface area contributed by atoms with Crippen LogP contribution in [0, 0.1) is 0 Å².